The molecule has 7 nitrogen and oxygen atoms in total. The number of alkyl halides is 3. The third-order valence-electron chi connectivity index (χ3n) is 6.01. The van der Waals surface area contributed by atoms with Gasteiger partial charge in [0, 0.05) is 41.7 Å². The van der Waals surface area contributed by atoms with E-state index in [2.05, 4.69) is 15.0 Å². The fourth-order valence-electron chi connectivity index (χ4n) is 4.22. The molecule has 36 heavy (non-hydrogen) atoms. The molecular weight excluding hydrogens is 471 g/mol. The smallest absolute Gasteiger partial charge is 0.333 e. The number of nitrogens with zero attached hydrogens (tertiary/aromatic N) is 5. The molecule has 0 N–H and O–H groups in total. The van der Waals surface area contributed by atoms with Gasteiger partial charge in [-0.05, 0) is 12.5 Å². The number of fused-ring (bicyclic) bond motifs is 1. The first-order valence-corrected chi connectivity index (χ1v) is 11.1. The second-order valence-corrected chi connectivity index (χ2v) is 8.56. The monoisotopic (exact) mass is 491 g/mol. The van der Waals surface area contributed by atoms with Crippen LogP contribution in [0.5, 0.6) is 0 Å². The Kier molecular flexibility index (Phi) is 5.66. The van der Waals surface area contributed by atoms with Crippen molar-refractivity contribution in [1.82, 2.24) is 19.5 Å². The molecule has 0 atom stereocenters. The van der Waals surface area contributed by atoms with Gasteiger partial charge in [0.05, 0.1) is 13.0 Å². The molecule has 5 rings (SSSR count). The lowest BCUT2D eigenvalue weighted by Crippen LogP contribution is -2.26. The Morgan fingerprint density at radius 3 is 2.44 bits per heavy atom. The first kappa shape index (κ1) is 23.4. The Balaban J connectivity index is 1.42. The molecule has 3 heterocycles. The van der Waals surface area contributed by atoms with Crippen molar-refractivity contribution in [3.05, 3.63) is 83.3 Å². The molecule has 0 bridgehead atoms. The van der Waals surface area contributed by atoms with E-state index in [4.69, 9.17) is 0 Å². The highest BCUT2D eigenvalue weighted by molar-refractivity contribution is 6.02. The summed E-state index contributed by atoms with van der Waals surface area (Å²) in [6, 6.07) is 13.9. The van der Waals surface area contributed by atoms with Crippen LogP contribution in [0.1, 0.15) is 34.1 Å². The van der Waals surface area contributed by atoms with Crippen LogP contribution in [0.25, 0.3) is 22.8 Å². The number of halogens is 3. The van der Waals surface area contributed by atoms with Crippen LogP contribution in [-0.4, -0.2) is 31.2 Å². The van der Waals surface area contributed by atoms with E-state index in [1.54, 1.807) is 59.6 Å². The molecular formula is C26H20F3N5O2. The van der Waals surface area contributed by atoms with Crippen molar-refractivity contribution in [2.24, 2.45) is 7.05 Å². The van der Waals surface area contributed by atoms with Crippen molar-refractivity contribution >= 4 is 17.5 Å². The number of ketones is 1. The zero-order chi connectivity index (χ0) is 25.6. The largest absolute Gasteiger partial charge is 0.434 e. The molecule has 182 valence electrons. The summed E-state index contributed by atoms with van der Waals surface area (Å²) in [7, 11) is 1.51. The number of anilines is 1. The van der Waals surface area contributed by atoms with Gasteiger partial charge < -0.3 is 4.57 Å². The molecule has 0 radical (unpaired) electrons. The van der Waals surface area contributed by atoms with Gasteiger partial charge in [0.2, 0.25) is 5.91 Å². The zero-order valence-electron chi connectivity index (χ0n) is 19.4. The molecule has 10 heteroatoms. The standard InChI is InChI=1S/C26H20F3N5O2/c1-15(35)19-5-3-4-6-20(19)23-30-12-18-11-22(36)34(25(18)32-23)13-16-7-9-17(10-8-16)24-31-21(14-33(24)2)26(27,28)29/h3-10,12,14H,11,13H2,1-2H3. The van der Waals surface area contributed by atoms with E-state index in [0.717, 1.165) is 11.8 Å². The van der Waals surface area contributed by atoms with Crippen molar-refractivity contribution in [2.45, 2.75) is 26.1 Å². The Labute approximate surface area is 204 Å². The van der Waals surface area contributed by atoms with Gasteiger partial charge in [-0.2, -0.15) is 13.2 Å². The number of benzene rings is 2. The molecule has 2 aromatic carbocycles. The summed E-state index contributed by atoms with van der Waals surface area (Å²) >= 11 is 0. The quantitative estimate of drug-likeness (QED) is 0.373. The highest BCUT2D eigenvalue weighted by Gasteiger charge is 2.34. The highest BCUT2D eigenvalue weighted by Crippen LogP contribution is 2.33. The minimum atomic E-state index is -4.52. The first-order chi connectivity index (χ1) is 17.1. The van der Waals surface area contributed by atoms with E-state index in [1.165, 1.54) is 18.5 Å². The second kappa shape index (κ2) is 8.71. The average Bonchev–Trinajstić information content (AvgIpc) is 3.39. The van der Waals surface area contributed by atoms with Gasteiger partial charge >= 0.3 is 6.18 Å². The first-order valence-electron chi connectivity index (χ1n) is 11.1. The third-order valence-corrected chi connectivity index (χ3v) is 6.01. The Morgan fingerprint density at radius 1 is 1.06 bits per heavy atom. The van der Waals surface area contributed by atoms with Crippen LogP contribution in [0.15, 0.2) is 60.9 Å². The predicted molar refractivity (Wildman–Crippen MR) is 126 cm³/mol. The van der Waals surface area contributed by atoms with Crippen molar-refractivity contribution < 1.29 is 22.8 Å². The molecule has 0 unspecified atom stereocenters. The third kappa shape index (κ3) is 4.26. The number of amides is 1. The number of rotatable bonds is 5. The molecule has 1 aliphatic rings. The summed E-state index contributed by atoms with van der Waals surface area (Å²) in [6.07, 6.45) is -1.81. The molecule has 0 fully saturated rings. The summed E-state index contributed by atoms with van der Waals surface area (Å²) in [4.78, 5) is 39.1. The van der Waals surface area contributed by atoms with Crippen LogP contribution in [0.3, 0.4) is 0 Å². The van der Waals surface area contributed by atoms with Crippen molar-refractivity contribution in [3.8, 4) is 22.8 Å². The predicted octanol–water partition coefficient (Wildman–Crippen LogP) is 4.85. The zero-order valence-corrected chi connectivity index (χ0v) is 19.4. The van der Waals surface area contributed by atoms with Gasteiger partial charge in [-0.1, -0.05) is 48.5 Å². The summed E-state index contributed by atoms with van der Waals surface area (Å²) in [5, 5.41) is 0. The van der Waals surface area contributed by atoms with Gasteiger partial charge in [-0.15, -0.1) is 0 Å². The van der Waals surface area contributed by atoms with Gasteiger partial charge in [0.15, 0.2) is 17.3 Å². The lowest BCUT2D eigenvalue weighted by molar-refractivity contribution is -0.140. The summed E-state index contributed by atoms with van der Waals surface area (Å²) in [5.74, 6) is 0.770. The minimum Gasteiger partial charge on any atom is -0.333 e. The fraction of sp³-hybridized carbons (Fsp3) is 0.192. The second-order valence-electron chi connectivity index (χ2n) is 8.56. The molecule has 4 aromatic rings. The van der Waals surface area contributed by atoms with Gasteiger partial charge in [-0.3, -0.25) is 14.5 Å². The maximum Gasteiger partial charge on any atom is 0.434 e. The van der Waals surface area contributed by atoms with E-state index in [1.807, 2.05) is 0 Å². The SMILES string of the molecule is CC(=O)c1ccccc1-c1ncc2c(n1)N(Cc1ccc(-c3nc(C(F)(F)F)cn3C)cc1)C(=O)C2. The lowest BCUT2D eigenvalue weighted by Gasteiger charge is -2.17. The number of carbonyl (C=O) groups is 2. The van der Waals surface area contributed by atoms with Crippen LogP contribution < -0.4 is 4.90 Å². The minimum absolute atomic E-state index is 0.113. The van der Waals surface area contributed by atoms with Crippen LogP contribution >= 0.6 is 0 Å². The fourth-order valence-corrected chi connectivity index (χ4v) is 4.22. The molecule has 0 aliphatic carbocycles. The Hall–Kier alpha value is -4.34. The molecule has 1 amide bonds. The molecule has 0 saturated heterocycles. The van der Waals surface area contributed by atoms with Gasteiger partial charge in [0.25, 0.3) is 0 Å². The van der Waals surface area contributed by atoms with Crippen molar-refractivity contribution in [3.63, 3.8) is 0 Å². The number of aromatic nitrogens is 4. The van der Waals surface area contributed by atoms with E-state index in [0.29, 0.717) is 33.9 Å². The maximum atomic E-state index is 13.0. The number of hydrogen-bond acceptors (Lipinski definition) is 5. The van der Waals surface area contributed by atoms with Gasteiger partial charge in [0.1, 0.15) is 11.6 Å². The summed E-state index contributed by atoms with van der Waals surface area (Å²) < 4.78 is 40.3. The number of hydrogen-bond donors (Lipinski definition) is 0. The van der Waals surface area contributed by atoms with Crippen LogP contribution in [-0.2, 0) is 31.0 Å². The Morgan fingerprint density at radius 2 is 1.78 bits per heavy atom. The van der Waals surface area contributed by atoms with Gasteiger partial charge in [-0.25, -0.2) is 15.0 Å². The van der Waals surface area contributed by atoms with Crippen molar-refractivity contribution in [1.29, 1.82) is 0 Å². The number of aryl methyl sites for hydroxylation is 1. The van der Waals surface area contributed by atoms with Crippen LogP contribution in [0.4, 0.5) is 19.0 Å². The number of imidazole rings is 1. The van der Waals surface area contributed by atoms with Crippen molar-refractivity contribution in [2.75, 3.05) is 4.90 Å². The Bertz CT molecular complexity index is 1490. The molecule has 0 spiro atoms. The summed E-state index contributed by atoms with van der Waals surface area (Å²) in [5.41, 5.74) is 2.11. The lowest BCUT2D eigenvalue weighted by atomic mass is 10.0. The maximum absolute atomic E-state index is 13.0. The number of Topliss-reactive ketones (excluding diaryl/α,β-unsaturated/α-hetero) is 1. The molecule has 2 aromatic heterocycles. The molecule has 1 aliphatic heterocycles. The van der Waals surface area contributed by atoms with E-state index in [9.17, 15) is 22.8 Å². The van der Waals surface area contributed by atoms with E-state index >= 15 is 0 Å². The summed E-state index contributed by atoms with van der Waals surface area (Å²) in [6.45, 7) is 1.70. The van der Waals surface area contributed by atoms with Crippen LogP contribution in [0, 0.1) is 0 Å². The topological polar surface area (TPSA) is 81.0 Å². The molecule has 0 saturated carbocycles. The van der Waals surface area contributed by atoms with Crippen LogP contribution in [0.2, 0.25) is 0 Å². The van der Waals surface area contributed by atoms with E-state index < -0.39 is 11.9 Å². The number of carbonyl (C=O) groups excluding carboxylic acids is 2. The normalized spacial score (nSPS) is 13.2. The highest BCUT2D eigenvalue weighted by atomic mass is 19.4. The average molecular weight is 491 g/mol. The van der Waals surface area contributed by atoms with E-state index in [-0.39, 0.29) is 30.5 Å².